The molecule has 0 saturated heterocycles. The quantitative estimate of drug-likeness (QED) is 0.651. The number of carbonyl (C=O) groups is 1. The third-order valence-electron chi connectivity index (χ3n) is 3.13. The molecule has 8 heteroatoms. The summed E-state index contributed by atoms with van der Waals surface area (Å²) in [6, 6.07) is 3.55. The zero-order valence-electron chi connectivity index (χ0n) is 11.9. The second kappa shape index (κ2) is 5.90. The fourth-order valence-electron chi connectivity index (χ4n) is 1.81. The van der Waals surface area contributed by atoms with Crippen LogP contribution in [0.4, 0.5) is 5.69 Å². The largest absolute Gasteiger partial charge is 0.495 e. The lowest BCUT2D eigenvalue weighted by Gasteiger charge is -2.16. The average Bonchev–Trinajstić information content (AvgIpc) is 3.21. The SMILES string of the molecule is COc1cc(N)ccc1S(=O)(=O)NC(C)C(=O)NC1CC1. The second-order valence-electron chi connectivity index (χ2n) is 5.04. The van der Waals surface area contributed by atoms with Gasteiger partial charge in [0.2, 0.25) is 15.9 Å². The highest BCUT2D eigenvalue weighted by atomic mass is 32.2. The molecule has 1 aromatic rings. The van der Waals surface area contributed by atoms with Crippen LogP contribution in [0.5, 0.6) is 5.75 Å². The Bertz CT molecular complexity index is 641. The molecule has 1 aliphatic rings. The summed E-state index contributed by atoms with van der Waals surface area (Å²) >= 11 is 0. The van der Waals surface area contributed by atoms with Crippen molar-refractivity contribution in [2.24, 2.45) is 0 Å². The van der Waals surface area contributed by atoms with E-state index in [9.17, 15) is 13.2 Å². The van der Waals surface area contributed by atoms with Crippen LogP contribution in [0.2, 0.25) is 0 Å². The van der Waals surface area contributed by atoms with E-state index in [1.165, 1.54) is 32.2 Å². The standard InChI is InChI=1S/C13H19N3O4S/c1-8(13(17)15-10-4-5-10)16-21(18,19)12-6-3-9(14)7-11(12)20-2/h3,6-8,10,16H,4-5,14H2,1-2H3,(H,15,17). The van der Waals surface area contributed by atoms with Crippen LogP contribution in [0, 0.1) is 0 Å². The summed E-state index contributed by atoms with van der Waals surface area (Å²) in [5.41, 5.74) is 5.99. The Labute approximate surface area is 123 Å². The zero-order valence-corrected chi connectivity index (χ0v) is 12.7. The Kier molecular flexibility index (Phi) is 4.38. The number of carbonyl (C=O) groups excluding carboxylic acids is 1. The monoisotopic (exact) mass is 313 g/mol. The average molecular weight is 313 g/mol. The van der Waals surface area contributed by atoms with Crippen LogP contribution in [0.25, 0.3) is 0 Å². The number of nitrogen functional groups attached to an aromatic ring is 1. The van der Waals surface area contributed by atoms with E-state index < -0.39 is 16.1 Å². The van der Waals surface area contributed by atoms with Crippen molar-refractivity contribution in [2.45, 2.75) is 36.7 Å². The molecule has 1 aliphatic carbocycles. The van der Waals surface area contributed by atoms with Crippen molar-refractivity contribution >= 4 is 21.6 Å². The predicted molar refractivity (Wildman–Crippen MR) is 78.4 cm³/mol. The van der Waals surface area contributed by atoms with Gasteiger partial charge in [-0.2, -0.15) is 4.72 Å². The summed E-state index contributed by atoms with van der Waals surface area (Å²) < 4.78 is 32.0. The first-order valence-corrected chi connectivity index (χ1v) is 8.08. The van der Waals surface area contributed by atoms with E-state index in [2.05, 4.69) is 10.0 Å². The number of anilines is 1. The number of methoxy groups -OCH3 is 1. The maximum atomic E-state index is 12.3. The van der Waals surface area contributed by atoms with Crippen molar-refractivity contribution in [3.8, 4) is 5.75 Å². The van der Waals surface area contributed by atoms with Gasteiger partial charge in [0.25, 0.3) is 0 Å². The molecule has 0 aromatic heterocycles. The molecule has 1 saturated carbocycles. The Balaban J connectivity index is 2.15. The lowest BCUT2D eigenvalue weighted by molar-refractivity contribution is -0.122. The first-order valence-electron chi connectivity index (χ1n) is 6.59. The molecule has 4 N–H and O–H groups in total. The van der Waals surface area contributed by atoms with Crippen molar-refractivity contribution in [1.29, 1.82) is 0 Å². The van der Waals surface area contributed by atoms with Gasteiger partial charge in [0, 0.05) is 17.8 Å². The summed E-state index contributed by atoms with van der Waals surface area (Å²) in [6.45, 7) is 1.50. The molecule has 0 radical (unpaired) electrons. The van der Waals surface area contributed by atoms with E-state index in [0.29, 0.717) is 5.69 Å². The van der Waals surface area contributed by atoms with E-state index in [1.807, 2.05) is 0 Å². The predicted octanol–water partition coefficient (Wildman–Crippen LogP) is 0.223. The molecule has 1 unspecified atom stereocenters. The van der Waals surface area contributed by atoms with Gasteiger partial charge in [-0.25, -0.2) is 8.42 Å². The Morgan fingerprint density at radius 1 is 1.43 bits per heavy atom. The van der Waals surface area contributed by atoms with Crippen molar-refractivity contribution < 1.29 is 17.9 Å². The number of nitrogens with two attached hydrogens (primary N) is 1. The summed E-state index contributed by atoms with van der Waals surface area (Å²) in [4.78, 5) is 11.8. The van der Waals surface area contributed by atoms with E-state index in [1.54, 1.807) is 0 Å². The number of rotatable bonds is 6. The van der Waals surface area contributed by atoms with Crippen LogP contribution in [0.3, 0.4) is 0 Å². The van der Waals surface area contributed by atoms with Gasteiger partial charge < -0.3 is 15.8 Å². The van der Waals surface area contributed by atoms with Crippen LogP contribution in [0.1, 0.15) is 19.8 Å². The van der Waals surface area contributed by atoms with Gasteiger partial charge in [0.1, 0.15) is 10.6 Å². The highest BCUT2D eigenvalue weighted by Crippen LogP contribution is 2.26. The summed E-state index contributed by atoms with van der Waals surface area (Å²) in [7, 11) is -2.51. The summed E-state index contributed by atoms with van der Waals surface area (Å²) in [6.07, 6.45) is 1.88. The Morgan fingerprint density at radius 2 is 2.10 bits per heavy atom. The molecule has 7 nitrogen and oxygen atoms in total. The number of ether oxygens (including phenoxy) is 1. The van der Waals surface area contributed by atoms with E-state index in [0.717, 1.165) is 12.8 Å². The van der Waals surface area contributed by atoms with Gasteiger partial charge in [-0.1, -0.05) is 0 Å². The molecular formula is C13H19N3O4S. The van der Waals surface area contributed by atoms with Crippen molar-refractivity contribution in [2.75, 3.05) is 12.8 Å². The van der Waals surface area contributed by atoms with Gasteiger partial charge in [0.05, 0.1) is 13.2 Å². The van der Waals surface area contributed by atoms with E-state index in [4.69, 9.17) is 10.5 Å². The van der Waals surface area contributed by atoms with Crippen molar-refractivity contribution in [3.63, 3.8) is 0 Å². The zero-order chi connectivity index (χ0) is 15.6. The number of hydrogen-bond acceptors (Lipinski definition) is 5. The number of nitrogens with one attached hydrogen (secondary N) is 2. The molecule has 0 bridgehead atoms. The molecule has 1 atom stereocenters. The maximum absolute atomic E-state index is 12.3. The normalized spacial score (nSPS) is 16.3. The van der Waals surface area contributed by atoms with Gasteiger partial charge in [-0.15, -0.1) is 0 Å². The number of sulfonamides is 1. The van der Waals surface area contributed by atoms with Gasteiger partial charge in [-0.05, 0) is 31.9 Å². The van der Waals surface area contributed by atoms with Crippen LogP contribution in [0.15, 0.2) is 23.1 Å². The third-order valence-corrected chi connectivity index (χ3v) is 4.71. The summed E-state index contributed by atoms with van der Waals surface area (Å²) in [5.74, 6) is -0.201. The smallest absolute Gasteiger partial charge is 0.244 e. The first kappa shape index (κ1) is 15.6. The van der Waals surface area contributed by atoms with Gasteiger partial charge in [0.15, 0.2) is 0 Å². The molecule has 1 aromatic carbocycles. The number of hydrogen-bond donors (Lipinski definition) is 3. The molecule has 0 heterocycles. The molecule has 116 valence electrons. The molecular weight excluding hydrogens is 294 g/mol. The minimum absolute atomic E-state index is 0.0507. The lowest BCUT2D eigenvalue weighted by Crippen LogP contribution is -2.45. The van der Waals surface area contributed by atoms with Crippen LogP contribution in [-0.2, 0) is 14.8 Å². The van der Waals surface area contributed by atoms with Crippen LogP contribution in [-0.4, -0.2) is 33.5 Å². The van der Waals surface area contributed by atoms with Gasteiger partial charge in [-0.3, -0.25) is 4.79 Å². The van der Waals surface area contributed by atoms with Crippen LogP contribution >= 0.6 is 0 Å². The number of benzene rings is 1. The third kappa shape index (κ3) is 3.85. The Hall–Kier alpha value is -1.80. The van der Waals surface area contributed by atoms with Crippen molar-refractivity contribution in [1.82, 2.24) is 10.0 Å². The van der Waals surface area contributed by atoms with E-state index >= 15 is 0 Å². The molecule has 1 fully saturated rings. The first-order chi connectivity index (χ1) is 9.83. The maximum Gasteiger partial charge on any atom is 0.244 e. The molecule has 1 amide bonds. The highest BCUT2D eigenvalue weighted by Gasteiger charge is 2.29. The topological polar surface area (TPSA) is 111 Å². The molecule has 0 aliphatic heterocycles. The molecule has 0 spiro atoms. The van der Waals surface area contributed by atoms with Crippen LogP contribution < -0.4 is 20.5 Å². The lowest BCUT2D eigenvalue weighted by atomic mass is 10.3. The fraction of sp³-hybridized carbons (Fsp3) is 0.462. The fourth-order valence-corrected chi connectivity index (χ4v) is 3.16. The molecule has 2 rings (SSSR count). The van der Waals surface area contributed by atoms with Crippen molar-refractivity contribution in [3.05, 3.63) is 18.2 Å². The highest BCUT2D eigenvalue weighted by molar-refractivity contribution is 7.89. The minimum Gasteiger partial charge on any atom is -0.495 e. The second-order valence-corrected chi connectivity index (χ2v) is 6.72. The summed E-state index contributed by atoms with van der Waals surface area (Å²) in [5, 5.41) is 2.75. The Morgan fingerprint density at radius 3 is 2.67 bits per heavy atom. The minimum atomic E-state index is -3.87. The van der Waals surface area contributed by atoms with Gasteiger partial charge >= 0.3 is 0 Å². The van der Waals surface area contributed by atoms with E-state index in [-0.39, 0.29) is 22.6 Å². The molecule has 21 heavy (non-hydrogen) atoms. The number of amides is 1.